The first-order valence-corrected chi connectivity index (χ1v) is 7.15. The van der Waals surface area contributed by atoms with Gasteiger partial charge in [-0.15, -0.1) is 0 Å². The summed E-state index contributed by atoms with van der Waals surface area (Å²) in [6.07, 6.45) is 2.18. The molecule has 2 rings (SSSR count). The minimum Gasteiger partial charge on any atom is -0.496 e. The number of piperidine rings is 1. The molecule has 0 aromatic heterocycles. The Morgan fingerprint density at radius 1 is 1.43 bits per heavy atom. The van der Waals surface area contributed by atoms with Gasteiger partial charge in [0.25, 0.3) is 0 Å². The van der Waals surface area contributed by atoms with Gasteiger partial charge in [0, 0.05) is 20.2 Å². The maximum absolute atomic E-state index is 11.1. The molecule has 0 bridgehead atoms. The van der Waals surface area contributed by atoms with Gasteiger partial charge in [-0.2, -0.15) is 0 Å². The summed E-state index contributed by atoms with van der Waals surface area (Å²) in [5.74, 6) is -0.560. The smallest absolute Gasteiger partial charge is 0.339 e. The largest absolute Gasteiger partial charge is 0.496 e. The van der Waals surface area contributed by atoms with Crippen molar-refractivity contribution in [2.45, 2.75) is 31.9 Å². The number of aromatic carboxylic acids is 1. The van der Waals surface area contributed by atoms with Crippen molar-refractivity contribution in [2.24, 2.45) is 0 Å². The molecule has 1 fully saturated rings. The Morgan fingerprint density at radius 2 is 2.19 bits per heavy atom. The van der Waals surface area contributed by atoms with E-state index in [9.17, 15) is 4.79 Å². The molecule has 1 aromatic rings. The van der Waals surface area contributed by atoms with Crippen molar-refractivity contribution in [2.75, 3.05) is 27.3 Å². The maximum atomic E-state index is 11.1. The summed E-state index contributed by atoms with van der Waals surface area (Å²) in [4.78, 5) is 13.4. The summed E-state index contributed by atoms with van der Waals surface area (Å²) in [5.41, 5.74) is 1.16. The van der Waals surface area contributed by atoms with Crippen LogP contribution in [0, 0.1) is 0 Å². The molecule has 1 atom stereocenters. The molecular formula is C16H23NO4. The quantitative estimate of drug-likeness (QED) is 0.903. The van der Waals surface area contributed by atoms with Crippen LogP contribution < -0.4 is 4.74 Å². The Hall–Kier alpha value is -1.59. The average molecular weight is 293 g/mol. The highest BCUT2D eigenvalue weighted by molar-refractivity contribution is 5.90. The van der Waals surface area contributed by atoms with E-state index >= 15 is 0 Å². The van der Waals surface area contributed by atoms with Crippen LogP contribution in [0.1, 0.15) is 35.7 Å². The summed E-state index contributed by atoms with van der Waals surface area (Å²) in [5, 5.41) is 9.10. The van der Waals surface area contributed by atoms with Crippen LogP contribution in [0.2, 0.25) is 0 Å². The number of carboxylic acid groups (broad SMARTS) is 1. The van der Waals surface area contributed by atoms with E-state index in [0.717, 1.165) is 38.0 Å². The standard InChI is InChI=1S/C16H23NO4/c1-16(21-3)7-4-8-17(11-16)10-12-5-6-13(15(18)19)14(9-12)20-2/h5-6,9H,4,7-8,10-11H2,1-3H3,(H,18,19). The highest BCUT2D eigenvalue weighted by Gasteiger charge is 2.30. The van der Waals surface area contributed by atoms with Crippen LogP contribution in [0.15, 0.2) is 18.2 Å². The maximum Gasteiger partial charge on any atom is 0.339 e. The van der Waals surface area contributed by atoms with Gasteiger partial charge in [-0.25, -0.2) is 4.79 Å². The molecule has 1 saturated heterocycles. The minimum atomic E-state index is -0.969. The molecule has 0 amide bonds. The summed E-state index contributed by atoms with van der Waals surface area (Å²) in [7, 11) is 3.25. The van der Waals surface area contributed by atoms with Crippen molar-refractivity contribution >= 4 is 5.97 Å². The van der Waals surface area contributed by atoms with Gasteiger partial charge in [0.1, 0.15) is 11.3 Å². The molecule has 1 aliphatic rings. The fourth-order valence-corrected chi connectivity index (χ4v) is 2.88. The van der Waals surface area contributed by atoms with Crippen LogP contribution in [0.4, 0.5) is 0 Å². The molecule has 1 heterocycles. The topological polar surface area (TPSA) is 59.0 Å². The lowest BCUT2D eigenvalue weighted by Crippen LogP contribution is -2.46. The molecule has 1 N–H and O–H groups in total. The van der Waals surface area contributed by atoms with Crippen molar-refractivity contribution in [3.8, 4) is 5.75 Å². The predicted octanol–water partition coefficient (Wildman–Crippen LogP) is 2.39. The first kappa shape index (κ1) is 15.8. The fraction of sp³-hybridized carbons (Fsp3) is 0.562. The zero-order chi connectivity index (χ0) is 15.5. The Labute approximate surface area is 125 Å². The van der Waals surface area contributed by atoms with E-state index in [1.807, 2.05) is 12.1 Å². The van der Waals surface area contributed by atoms with Crippen LogP contribution in [0.5, 0.6) is 5.75 Å². The number of hydrogen-bond acceptors (Lipinski definition) is 4. The zero-order valence-electron chi connectivity index (χ0n) is 12.9. The zero-order valence-corrected chi connectivity index (χ0v) is 12.9. The molecule has 0 radical (unpaired) electrons. The van der Waals surface area contributed by atoms with Crippen molar-refractivity contribution in [3.63, 3.8) is 0 Å². The van der Waals surface area contributed by atoms with E-state index in [2.05, 4.69) is 11.8 Å². The van der Waals surface area contributed by atoms with Gasteiger partial charge >= 0.3 is 5.97 Å². The second-order valence-corrected chi connectivity index (χ2v) is 5.81. The third kappa shape index (κ3) is 3.74. The monoisotopic (exact) mass is 293 g/mol. The Morgan fingerprint density at radius 3 is 2.81 bits per heavy atom. The molecule has 0 aliphatic carbocycles. The van der Waals surface area contributed by atoms with Gasteiger partial charge in [-0.3, -0.25) is 4.90 Å². The second-order valence-electron chi connectivity index (χ2n) is 5.81. The third-order valence-corrected chi connectivity index (χ3v) is 4.13. The lowest BCUT2D eigenvalue weighted by molar-refractivity contribution is -0.0527. The minimum absolute atomic E-state index is 0.0939. The first-order chi connectivity index (χ1) is 9.97. The van der Waals surface area contributed by atoms with Gasteiger partial charge in [0.2, 0.25) is 0 Å². The molecule has 0 spiro atoms. The normalized spacial score (nSPS) is 23.0. The van der Waals surface area contributed by atoms with Gasteiger partial charge in [-0.1, -0.05) is 6.07 Å². The van der Waals surface area contributed by atoms with E-state index in [0.29, 0.717) is 5.75 Å². The van der Waals surface area contributed by atoms with Gasteiger partial charge < -0.3 is 14.6 Å². The van der Waals surface area contributed by atoms with Crippen molar-refractivity contribution in [3.05, 3.63) is 29.3 Å². The summed E-state index contributed by atoms with van der Waals surface area (Å²) in [6, 6.07) is 5.27. The van der Waals surface area contributed by atoms with Crippen molar-refractivity contribution in [1.29, 1.82) is 0 Å². The van der Waals surface area contributed by atoms with E-state index in [1.54, 1.807) is 13.2 Å². The number of likely N-dealkylation sites (tertiary alicyclic amines) is 1. The Balaban J connectivity index is 2.11. The Kier molecular flexibility index (Phi) is 4.85. The first-order valence-electron chi connectivity index (χ1n) is 7.15. The summed E-state index contributed by atoms with van der Waals surface area (Å²) >= 11 is 0. The molecular weight excluding hydrogens is 270 g/mol. The number of carbonyl (C=O) groups is 1. The summed E-state index contributed by atoms with van der Waals surface area (Å²) < 4.78 is 10.8. The van der Waals surface area contributed by atoms with Gasteiger partial charge in [0.05, 0.1) is 12.7 Å². The number of rotatable bonds is 5. The number of carboxylic acids is 1. The van der Waals surface area contributed by atoms with E-state index < -0.39 is 5.97 Å². The number of hydrogen-bond donors (Lipinski definition) is 1. The van der Waals surface area contributed by atoms with Gasteiger partial charge in [0.15, 0.2) is 0 Å². The van der Waals surface area contributed by atoms with Crippen LogP contribution in [0.3, 0.4) is 0 Å². The average Bonchev–Trinajstić information content (AvgIpc) is 2.47. The van der Waals surface area contributed by atoms with E-state index in [1.165, 1.54) is 7.11 Å². The highest BCUT2D eigenvalue weighted by atomic mass is 16.5. The van der Waals surface area contributed by atoms with Crippen LogP contribution in [-0.2, 0) is 11.3 Å². The molecule has 5 nitrogen and oxygen atoms in total. The number of ether oxygens (including phenoxy) is 2. The van der Waals surface area contributed by atoms with Crippen molar-refractivity contribution in [1.82, 2.24) is 4.90 Å². The fourth-order valence-electron chi connectivity index (χ4n) is 2.88. The summed E-state index contributed by atoms with van der Waals surface area (Å²) in [6.45, 7) is 4.82. The Bertz CT molecular complexity index is 517. The molecule has 1 unspecified atom stereocenters. The number of nitrogens with zero attached hydrogens (tertiary/aromatic N) is 1. The van der Waals surface area contributed by atoms with E-state index in [-0.39, 0.29) is 11.2 Å². The molecule has 21 heavy (non-hydrogen) atoms. The number of methoxy groups -OCH3 is 2. The molecule has 0 saturated carbocycles. The highest BCUT2D eigenvalue weighted by Crippen LogP contribution is 2.26. The second kappa shape index (κ2) is 6.45. The molecule has 5 heteroatoms. The lowest BCUT2D eigenvalue weighted by Gasteiger charge is -2.39. The van der Waals surface area contributed by atoms with E-state index in [4.69, 9.17) is 14.6 Å². The van der Waals surface area contributed by atoms with Crippen LogP contribution in [-0.4, -0.2) is 48.9 Å². The molecule has 1 aliphatic heterocycles. The number of benzene rings is 1. The molecule has 1 aromatic carbocycles. The van der Waals surface area contributed by atoms with Crippen LogP contribution in [0.25, 0.3) is 0 Å². The molecule has 116 valence electrons. The third-order valence-electron chi connectivity index (χ3n) is 4.13. The van der Waals surface area contributed by atoms with Crippen LogP contribution >= 0.6 is 0 Å². The SMILES string of the molecule is COc1cc(CN2CCCC(C)(OC)C2)ccc1C(=O)O. The van der Waals surface area contributed by atoms with Gasteiger partial charge in [-0.05, 0) is 44.0 Å². The predicted molar refractivity (Wildman–Crippen MR) is 79.9 cm³/mol. The van der Waals surface area contributed by atoms with Crippen molar-refractivity contribution < 1.29 is 19.4 Å². The lowest BCUT2D eigenvalue weighted by atomic mass is 9.94.